The van der Waals surface area contributed by atoms with Gasteiger partial charge in [-0.3, -0.25) is 4.79 Å². The zero-order valence-corrected chi connectivity index (χ0v) is 10.4. The van der Waals surface area contributed by atoms with Crippen LogP contribution in [-0.2, 0) is 0 Å². The van der Waals surface area contributed by atoms with Crippen molar-refractivity contribution in [3.05, 3.63) is 51.0 Å². The molecule has 3 heteroatoms. The molecule has 0 unspecified atom stereocenters. The summed E-state index contributed by atoms with van der Waals surface area (Å²) in [5.41, 5.74) is 5.52. The van der Waals surface area contributed by atoms with E-state index in [1.807, 2.05) is 39.0 Å². The van der Waals surface area contributed by atoms with E-state index in [2.05, 4.69) is 4.98 Å². The number of benzene rings is 1. The summed E-state index contributed by atoms with van der Waals surface area (Å²) in [4.78, 5) is 17.1. The number of nitrogens with zero attached hydrogens (tertiary/aromatic N) is 1. The fraction of sp³-hybridized carbons (Fsp3) is 0.231. The van der Waals surface area contributed by atoms with E-state index in [0.717, 1.165) is 27.3 Å². The normalized spacial score (nSPS) is 10.4. The summed E-state index contributed by atoms with van der Waals surface area (Å²) in [5, 5.41) is 0. The highest BCUT2D eigenvalue weighted by Crippen LogP contribution is 2.21. The Balaban J connectivity index is 2.50. The van der Waals surface area contributed by atoms with Crippen LogP contribution in [0.1, 0.15) is 32.1 Å². The Hall–Kier alpha value is -1.48. The van der Waals surface area contributed by atoms with E-state index in [0.29, 0.717) is 0 Å². The van der Waals surface area contributed by atoms with Crippen molar-refractivity contribution >= 4 is 17.1 Å². The van der Waals surface area contributed by atoms with Crippen molar-refractivity contribution in [1.29, 1.82) is 0 Å². The van der Waals surface area contributed by atoms with Crippen molar-refractivity contribution in [1.82, 2.24) is 4.98 Å². The van der Waals surface area contributed by atoms with Crippen LogP contribution >= 0.6 is 11.3 Å². The van der Waals surface area contributed by atoms with Crippen LogP contribution in [0.5, 0.6) is 0 Å². The fourth-order valence-electron chi connectivity index (χ4n) is 1.64. The maximum Gasteiger partial charge on any atom is 0.205 e. The molecule has 0 radical (unpaired) electrons. The standard InChI is InChI=1S/C13H13NOS/c1-8-5-4-6-11(9(8)2)12(15)13-10(3)14-7-16-13/h4-7H,1-3H3. The van der Waals surface area contributed by atoms with Gasteiger partial charge in [-0.2, -0.15) is 0 Å². The molecule has 0 N–H and O–H groups in total. The van der Waals surface area contributed by atoms with Gasteiger partial charge in [-0.25, -0.2) is 4.98 Å². The lowest BCUT2D eigenvalue weighted by Crippen LogP contribution is -2.04. The monoisotopic (exact) mass is 231 g/mol. The minimum atomic E-state index is 0.0844. The van der Waals surface area contributed by atoms with E-state index < -0.39 is 0 Å². The average molecular weight is 231 g/mol. The molecule has 0 fully saturated rings. The van der Waals surface area contributed by atoms with Gasteiger partial charge in [0, 0.05) is 5.56 Å². The molecule has 2 nitrogen and oxygen atoms in total. The van der Waals surface area contributed by atoms with Gasteiger partial charge in [0.2, 0.25) is 5.78 Å². The van der Waals surface area contributed by atoms with E-state index in [1.165, 1.54) is 11.3 Å². The highest BCUT2D eigenvalue weighted by atomic mass is 32.1. The summed E-state index contributed by atoms with van der Waals surface area (Å²) < 4.78 is 0. The number of rotatable bonds is 2. The molecule has 1 aromatic heterocycles. The second-order valence-electron chi connectivity index (χ2n) is 3.84. The van der Waals surface area contributed by atoms with Crippen LogP contribution in [0.2, 0.25) is 0 Å². The Labute approximate surface area is 99.0 Å². The topological polar surface area (TPSA) is 30.0 Å². The lowest BCUT2D eigenvalue weighted by Gasteiger charge is -2.06. The summed E-state index contributed by atoms with van der Waals surface area (Å²) in [7, 11) is 0. The van der Waals surface area contributed by atoms with Crippen molar-refractivity contribution in [2.75, 3.05) is 0 Å². The van der Waals surface area contributed by atoms with Crippen LogP contribution in [0.25, 0.3) is 0 Å². The lowest BCUT2D eigenvalue weighted by atomic mass is 9.99. The van der Waals surface area contributed by atoms with Gasteiger partial charge < -0.3 is 0 Å². The molecule has 0 aliphatic carbocycles. The Bertz CT molecular complexity index is 543. The van der Waals surface area contributed by atoms with E-state index in [1.54, 1.807) is 5.51 Å². The number of hydrogen-bond donors (Lipinski definition) is 0. The van der Waals surface area contributed by atoms with Crippen molar-refractivity contribution in [2.45, 2.75) is 20.8 Å². The molecule has 0 atom stereocenters. The van der Waals surface area contributed by atoms with Gasteiger partial charge in [-0.05, 0) is 31.9 Å². The van der Waals surface area contributed by atoms with Crippen molar-refractivity contribution < 1.29 is 4.79 Å². The van der Waals surface area contributed by atoms with Gasteiger partial charge in [-0.15, -0.1) is 11.3 Å². The molecule has 2 aromatic rings. The summed E-state index contributed by atoms with van der Waals surface area (Å²) in [5.74, 6) is 0.0844. The predicted octanol–water partition coefficient (Wildman–Crippen LogP) is 3.30. The van der Waals surface area contributed by atoms with Crippen molar-refractivity contribution in [3.63, 3.8) is 0 Å². The third-order valence-electron chi connectivity index (χ3n) is 2.80. The largest absolute Gasteiger partial charge is 0.288 e. The van der Waals surface area contributed by atoms with Crippen LogP contribution in [0, 0.1) is 20.8 Å². The van der Waals surface area contributed by atoms with Crippen molar-refractivity contribution in [2.24, 2.45) is 0 Å². The molecule has 1 aromatic carbocycles. The van der Waals surface area contributed by atoms with Crippen molar-refractivity contribution in [3.8, 4) is 0 Å². The summed E-state index contributed by atoms with van der Waals surface area (Å²) in [6.07, 6.45) is 0. The number of carbonyl (C=O) groups is 1. The highest BCUT2D eigenvalue weighted by Gasteiger charge is 2.16. The second kappa shape index (κ2) is 4.18. The molecule has 0 aliphatic rings. The molecule has 1 heterocycles. The fourth-order valence-corrected chi connectivity index (χ4v) is 2.40. The summed E-state index contributed by atoms with van der Waals surface area (Å²) in [6, 6.07) is 5.82. The summed E-state index contributed by atoms with van der Waals surface area (Å²) in [6.45, 7) is 5.87. The van der Waals surface area contributed by atoms with Crippen LogP contribution in [0.15, 0.2) is 23.7 Å². The third-order valence-corrected chi connectivity index (χ3v) is 3.73. The Kier molecular flexibility index (Phi) is 2.88. The van der Waals surface area contributed by atoms with E-state index >= 15 is 0 Å². The second-order valence-corrected chi connectivity index (χ2v) is 4.70. The first-order valence-corrected chi connectivity index (χ1v) is 6.00. The van der Waals surface area contributed by atoms with Crippen LogP contribution in [0.3, 0.4) is 0 Å². The number of aromatic nitrogens is 1. The SMILES string of the molecule is Cc1cccc(C(=O)c2scnc2C)c1C. The first-order chi connectivity index (χ1) is 7.61. The van der Waals surface area contributed by atoms with Gasteiger partial charge in [0.1, 0.15) is 0 Å². The maximum atomic E-state index is 12.3. The molecule has 0 aliphatic heterocycles. The van der Waals surface area contributed by atoms with Gasteiger partial charge in [0.15, 0.2) is 0 Å². The molecule has 0 amide bonds. The Morgan fingerprint density at radius 1 is 1.25 bits per heavy atom. The number of hydrogen-bond acceptors (Lipinski definition) is 3. The Morgan fingerprint density at radius 2 is 2.00 bits per heavy atom. The van der Waals surface area contributed by atoms with E-state index in [9.17, 15) is 4.79 Å². The van der Waals surface area contributed by atoms with Gasteiger partial charge in [0.05, 0.1) is 16.1 Å². The zero-order valence-electron chi connectivity index (χ0n) is 9.57. The smallest absolute Gasteiger partial charge is 0.205 e. The van der Waals surface area contributed by atoms with Gasteiger partial charge in [-0.1, -0.05) is 18.2 Å². The van der Waals surface area contributed by atoms with Gasteiger partial charge in [0.25, 0.3) is 0 Å². The first-order valence-electron chi connectivity index (χ1n) is 5.12. The number of ketones is 1. The molecule has 82 valence electrons. The van der Waals surface area contributed by atoms with Gasteiger partial charge >= 0.3 is 0 Å². The van der Waals surface area contributed by atoms with E-state index in [4.69, 9.17) is 0 Å². The third kappa shape index (κ3) is 1.78. The number of aryl methyl sites for hydroxylation is 2. The predicted molar refractivity (Wildman–Crippen MR) is 66.2 cm³/mol. The molecule has 0 saturated heterocycles. The Morgan fingerprint density at radius 3 is 2.62 bits per heavy atom. The van der Waals surface area contributed by atoms with E-state index in [-0.39, 0.29) is 5.78 Å². The number of thiazole rings is 1. The highest BCUT2D eigenvalue weighted by molar-refractivity contribution is 7.12. The minimum absolute atomic E-state index is 0.0844. The molecule has 2 rings (SSSR count). The average Bonchev–Trinajstić information content (AvgIpc) is 2.68. The van der Waals surface area contributed by atoms with Crippen LogP contribution < -0.4 is 0 Å². The number of carbonyl (C=O) groups excluding carboxylic acids is 1. The summed E-state index contributed by atoms with van der Waals surface area (Å²) >= 11 is 1.41. The van der Waals surface area contributed by atoms with Crippen LogP contribution in [0.4, 0.5) is 0 Å². The quantitative estimate of drug-likeness (QED) is 0.742. The van der Waals surface area contributed by atoms with Crippen LogP contribution in [-0.4, -0.2) is 10.8 Å². The molecule has 0 spiro atoms. The molecule has 16 heavy (non-hydrogen) atoms. The first kappa shape index (κ1) is 11.0. The molecule has 0 saturated carbocycles. The lowest BCUT2D eigenvalue weighted by molar-refractivity contribution is 0.104. The molecular weight excluding hydrogens is 218 g/mol. The zero-order chi connectivity index (χ0) is 11.7. The molecule has 0 bridgehead atoms. The molecular formula is C13H13NOS. The minimum Gasteiger partial charge on any atom is -0.288 e. The maximum absolute atomic E-state index is 12.3.